The van der Waals surface area contributed by atoms with Crippen LogP contribution in [0.1, 0.15) is 47.7 Å². The highest BCUT2D eigenvalue weighted by Gasteiger charge is 2.16. The van der Waals surface area contributed by atoms with Gasteiger partial charge in [0.1, 0.15) is 0 Å². The lowest BCUT2D eigenvalue weighted by atomic mass is 9.96. The maximum absolute atomic E-state index is 12.9. The molecule has 122 valence electrons. The number of ketones is 1. The van der Waals surface area contributed by atoms with E-state index in [2.05, 4.69) is 18.3 Å². The summed E-state index contributed by atoms with van der Waals surface area (Å²) >= 11 is 5.78. The van der Waals surface area contributed by atoms with Crippen LogP contribution < -0.4 is 5.32 Å². The third kappa shape index (κ3) is 4.84. The second-order valence-corrected chi connectivity index (χ2v) is 5.99. The molecule has 0 unspecified atom stereocenters. The van der Waals surface area contributed by atoms with Gasteiger partial charge in [0, 0.05) is 29.2 Å². The molecule has 3 heteroatoms. The van der Waals surface area contributed by atoms with Crippen molar-refractivity contribution in [1.29, 1.82) is 0 Å². The molecular weight excluding hydrogens is 306 g/mol. The first-order chi connectivity index (χ1) is 11.3. The zero-order valence-electron chi connectivity index (χ0n) is 13.6. The number of alkyl halides is 1. The molecule has 0 atom stereocenters. The summed E-state index contributed by atoms with van der Waals surface area (Å²) in [7, 11) is 0. The van der Waals surface area contributed by atoms with Crippen LogP contribution in [0.5, 0.6) is 0 Å². The minimum atomic E-state index is 0.0670. The van der Waals surface area contributed by atoms with Crippen LogP contribution in [-0.2, 0) is 6.42 Å². The highest BCUT2D eigenvalue weighted by atomic mass is 35.5. The molecule has 0 saturated carbocycles. The van der Waals surface area contributed by atoms with Gasteiger partial charge < -0.3 is 5.32 Å². The van der Waals surface area contributed by atoms with Gasteiger partial charge >= 0.3 is 0 Å². The predicted octanol–water partition coefficient (Wildman–Crippen LogP) is 5.30. The number of aryl methyl sites for hydroxylation is 1. The summed E-state index contributed by atoms with van der Waals surface area (Å²) in [5.41, 5.74) is 3.66. The third-order valence-electron chi connectivity index (χ3n) is 3.84. The molecule has 0 spiro atoms. The van der Waals surface area contributed by atoms with Crippen LogP contribution in [-0.4, -0.2) is 18.2 Å². The second-order valence-electron chi connectivity index (χ2n) is 5.61. The minimum absolute atomic E-state index is 0.0670. The summed E-state index contributed by atoms with van der Waals surface area (Å²) in [5, 5.41) is 3.44. The molecule has 1 N–H and O–H groups in total. The minimum Gasteiger partial charge on any atom is -0.384 e. The van der Waals surface area contributed by atoms with Crippen molar-refractivity contribution in [2.75, 3.05) is 17.7 Å². The molecule has 0 radical (unpaired) electrons. The molecule has 0 aliphatic rings. The Bertz CT molecular complexity index is 625. The van der Waals surface area contributed by atoms with Gasteiger partial charge in [0.2, 0.25) is 0 Å². The molecule has 23 heavy (non-hydrogen) atoms. The molecule has 0 aliphatic carbocycles. The number of unbranched alkanes of at least 4 members (excludes halogenated alkanes) is 1. The normalized spacial score (nSPS) is 10.5. The van der Waals surface area contributed by atoms with Gasteiger partial charge in [-0.2, -0.15) is 0 Å². The lowest BCUT2D eigenvalue weighted by Crippen LogP contribution is -2.12. The standard InChI is InChI=1S/C20H24ClNO/c1-2-3-9-16-12-7-13-18(19(16)22-15-8-14-21)20(23)17-10-5-4-6-11-17/h4-7,10-13,22H,2-3,8-9,14-15H2,1H3. The first kappa shape index (κ1) is 17.6. The molecule has 0 heterocycles. The fourth-order valence-electron chi connectivity index (χ4n) is 2.60. The molecular formula is C20H24ClNO. The van der Waals surface area contributed by atoms with E-state index >= 15 is 0 Å². The smallest absolute Gasteiger partial charge is 0.195 e. The van der Waals surface area contributed by atoms with E-state index in [9.17, 15) is 4.79 Å². The van der Waals surface area contributed by atoms with Gasteiger partial charge in [-0.1, -0.05) is 55.8 Å². The number of anilines is 1. The van der Waals surface area contributed by atoms with Crippen LogP contribution in [0.2, 0.25) is 0 Å². The first-order valence-corrected chi connectivity index (χ1v) is 8.82. The van der Waals surface area contributed by atoms with Crippen molar-refractivity contribution in [3.8, 4) is 0 Å². The molecule has 2 rings (SSSR count). The lowest BCUT2D eigenvalue weighted by Gasteiger charge is -2.16. The Kier molecular flexibility index (Phi) is 7.15. The monoisotopic (exact) mass is 329 g/mol. The van der Waals surface area contributed by atoms with Crippen molar-refractivity contribution in [2.24, 2.45) is 0 Å². The molecule has 2 aromatic rings. The van der Waals surface area contributed by atoms with Crippen LogP contribution in [0.4, 0.5) is 5.69 Å². The summed E-state index contributed by atoms with van der Waals surface area (Å²) in [6, 6.07) is 15.5. The van der Waals surface area contributed by atoms with Crippen molar-refractivity contribution in [3.63, 3.8) is 0 Å². The highest BCUT2D eigenvalue weighted by molar-refractivity contribution is 6.17. The third-order valence-corrected chi connectivity index (χ3v) is 4.11. The van der Waals surface area contributed by atoms with Crippen molar-refractivity contribution in [2.45, 2.75) is 32.6 Å². The highest BCUT2D eigenvalue weighted by Crippen LogP contribution is 2.25. The number of hydrogen-bond acceptors (Lipinski definition) is 2. The first-order valence-electron chi connectivity index (χ1n) is 8.29. The van der Waals surface area contributed by atoms with Gasteiger partial charge in [-0.3, -0.25) is 4.79 Å². The van der Waals surface area contributed by atoms with E-state index in [1.165, 1.54) is 5.56 Å². The van der Waals surface area contributed by atoms with Gasteiger partial charge in [0.25, 0.3) is 0 Å². The van der Waals surface area contributed by atoms with Crippen LogP contribution in [0.15, 0.2) is 48.5 Å². The molecule has 0 saturated heterocycles. The second kappa shape index (κ2) is 9.36. The summed E-state index contributed by atoms with van der Waals surface area (Å²) in [6.07, 6.45) is 4.11. The number of rotatable bonds is 9. The Balaban J connectivity index is 2.34. The average Bonchev–Trinajstić information content (AvgIpc) is 2.61. The quantitative estimate of drug-likeness (QED) is 0.384. The fraction of sp³-hybridized carbons (Fsp3) is 0.350. The van der Waals surface area contributed by atoms with E-state index in [1.54, 1.807) is 0 Å². The SMILES string of the molecule is CCCCc1cccc(C(=O)c2ccccc2)c1NCCCCl. The number of nitrogens with one attached hydrogen (secondary N) is 1. The maximum Gasteiger partial charge on any atom is 0.195 e. The Morgan fingerprint density at radius 1 is 1.04 bits per heavy atom. The predicted molar refractivity (Wildman–Crippen MR) is 98.8 cm³/mol. The summed E-state index contributed by atoms with van der Waals surface area (Å²) in [4.78, 5) is 12.9. The molecule has 0 bridgehead atoms. The van der Waals surface area contributed by atoms with Gasteiger partial charge in [0.15, 0.2) is 5.78 Å². The Labute approximate surface area is 143 Å². The number of halogens is 1. The molecule has 2 nitrogen and oxygen atoms in total. The van der Waals surface area contributed by atoms with E-state index in [4.69, 9.17) is 11.6 Å². The lowest BCUT2D eigenvalue weighted by molar-refractivity contribution is 0.103. The number of carbonyl (C=O) groups excluding carboxylic acids is 1. The molecule has 0 aromatic heterocycles. The number of benzene rings is 2. The largest absolute Gasteiger partial charge is 0.384 e. The van der Waals surface area contributed by atoms with E-state index in [1.807, 2.05) is 42.5 Å². The zero-order chi connectivity index (χ0) is 16.5. The van der Waals surface area contributed by atoms with Crippen LogP contribution >= 0.6 is 11.6 Å². The fourth-order valence-corrected chi connectivity index (χ4v) is 2.73. The Hall–Kier alpha value is -1.80. The molecule has 0 fully saturated rings. The number of hydrogen-bond donors (Lipinski definition) is 1. The van der Waals surface area contributed by atoms with Crippen molar-refractivity contribution in [3.05, 3.63) is 65.2 Å². The molecule has 0 aliphatic heterocycles. The van der Waals surface area contributed by atoms with E-state index in [-0.39, 0.29) is 5.78 Å². The Morgan fingerprint density at radius 2 is 1.83 bits per heavy atom. The van der Waals surface area contributed by atoms with E-state index in [0.29, 0.717) is 5.88 Å². The van der Waals surface area contributed by atoms with Gasteiger partial charge in [-0.15, -0.1) is 11.6 Å². The van der Waals surface area contributed by atoms with Crippen molar-refractivity contribution in [1.82, 2.24) is 0 Å². The maximum atomic E-state index is 12.9. The molecule has 2 aromatic carbocycles. The van der Waals surface area contributed by atoms with Gasteiger partial charge in [-0.25, -0.2) is 0 Å². The summed E-state index contributed by atoms with van der Waals surface area (Å²) < 4.78 is 0. The van der Waals surface area contributed by atoms with Crippen LogP contribution in [0, 0.1) is 0 Å². The number of carbonyl (C=O) groups is 1. The van der Waals surface area contributed by atoms with Crippen LogP contribution in [0.25, 0.3) is 0 Å². The topological polar surface area (TPSA) is 29.1 Å². The van der Waals surface area contributed by atoms with E-state index in [0.717, 1.165) is 49.0 Å². The van der Waals surface area contributed by atoms with Crippen LogP contribution in [0.3, 0.4) is 0 Å². The molecule has 0 amide bonds. The van der Waals surface area contributed by atoms with Crippen molar-refractivity contribution >= 4 is 23.1 Å². The average molecular weight is 330 g/mol. The van der Waals surface area contributed by atoms with Crippen molar-refractivity contribution < 1.29 is 4.79 Å². The number of para-hydroxylation sites is 1. The zero-order valence-corrected chi connectivity index (χ0v) is 14.4. The summed E-state index contributed by atoms with van der Waals surface area (Å²) in [5.74, 6) is 0.684. The summed E-state index contributed by atoms with van der Waals surface area (Å²) in [6.45, 7) is 2.96. The van der Waals surface area contributed by atoms with Gasteiger partial charge in [0.05, 0.1) is 0 Å². The van der Waals surface area contributed by atoms with Gasteiger partial charge in [-0.05, 0) is 30.9 Å². The van der Waals surface area contributed by atoms with E-state index < -0.39 is 0 Å². The Morgan fingerprint density at radius 3 is 2.52 bits per heavy atom.